The zero-order chi connectivity index (χ0) is 16.2. The molecule has 1 aromatic rings. The largest absolute Gasteiger partial charge is 0.352 e. The van der Waals surface area contributed by atoms with Gasteiger partial charge in [-0.15, -0.1) is 0 Å². The van der Waals surface area contributed by atoms with Crippen LogP contribution in [0, 0.1) is 5.92 Å². The molecule has 1 aliphatic heterocycles. The number of hydrogen-bond acceptors (Lipinski definition) is 2. The highest BCUT2D eigenvalue weighted by atomic mass is 35.5. The van der Waals surface area contributed by atoms with E-state index in [4.69, 9.17) is 11.6 Å². The summed E-state index contributed by atoms with van der Waals surface area (Å²) in [6.07, 6.45) is 6.15. The summed E-state index contributed by atoms with van der Waals surface area (Å²) in [7, 11) is 0. The molecule has 5 heteroatoms. The minimum Gasteiger partial charge on any atom is -0.352 e. The standard InChI is InChI=1S/C18H23ClN2O2/c19-16-9-5-4-6-13(16)11-20-18(23)14-10-17(22)21(12-14)15-7-2-1-3-8-15/h4-6,9,14-15H,1-3,7-8,10-12H2,(H,20,23)/t14-/m1/s1. The van der Waals surface area contributed by atoms with Crippen molar-refractivity contribution in [1.82, 2.24) is 10.2 Å². The second-order valence-corrected chi connectivity index (χ2v) is 6.96. The lowest BCUT2D eigenvalue weighted by Gasteiger charge is -2.31. The molecule has 1 saturated heterocycles. The van der Waals surface area contributed by atoms with Crippen LogP contribution in [-0.4, -0.2) is 29.3 Å². The van der Waals surface area contributed by atoms with Gasteiger partial charge in [-0.1, -0.05) is 49.1 Å². The van der Waals surface area contributed by atoms with Crippen molar-refractivity contribution in [1.29, 1.82) is 0 Å². The van der Waals surface area contributed by atoms with Gasteiger partial charge < -0.3 is 10.2 Å². The van der Waals surface area contributed by atoms with Gasteiger partial charge in [0.2, 0.25) is 11.8 Å². The highest BCUT2D eigenvalue weighted by Gasteiger charge is 2.37. The Morgan fingerprint density at radius 1 is 1.22 bits per heavy atom. The van der Waals surface area contributed by atoms with Crippen LogP contribution in [0.15, 0.2) is 24.3 Å². The highest BCUT2D eigenvalue weighted by Crippen LogP contribution is 2.28. The fourth-order valence-corrected chi connectivity index (χ4v) is 3.82. The number of hydrogen-bond donors (Lipinski definition) is 1. The molecular weight excluding hydrogens is 312 g/mol. The Kier molecular flexibility index (Phi) is 5.21. The molecule has 0 bridgehead atoms. The van der Waals surface area contributed by atoms with Crippen molar-refractivity contribution in [2.45, 2.75) is 51.1 Å². The first-order valence-corrected chi connectivity index (χ1v) is 8.83. The van der Waals surface area contributed by atoms with E-state index >= 15 is 0 Å². The van der Waals surface area contributed by atoms with Crippen LogP contribution in [0.1, 0.15) is 44.1 Å². The van der Waals surface area contributed by atoms with Crippen molar-refractivity contribution in [2.24, 2.45) is 5.92 Å². The Morgan fingerprint density at radius 2 is 1.96 bits per heavy atom. The molecular formula is C18H23ClN2O2. The lowest BCUT2D eigenvalue weighted by atomic mass is 9.94. The highest BCUT2D eigenvalue weighted by molar-refractivity contribution is 6.31. The zero-order valence-corrected chi connectivity index (χ0v) is 14.0. The van der Waals surface area contributed by atoms with Crippen LogP contribution >= 0.6 is 11.6 Å². The number of carbonyl (C=O) groups is 2. The van der Waals surface area contributed by atoms with Gasteiger partial charge in [-0.25, -0.2) is 0 Å². The molecule has 0 spiro atoms. The number of rotatable bonds is 4. The number of halogens is 1. The maximum atomic E-state index is 12.4. The quantitative estimate of drug-likeness (QED) is 0.919. The van der Waals surface area contributed by atoms with E-state index in [0.29, 0.717) is 30.6 Å². The van der Waals surface area contributed by atoms with Gasteiger partial charge in [-0.2, -0.15) is 0 Å². The summed E-state index contributed by atoms with van der Waals surface area (Å²) >= 11 is 6.10. The molecule has 2 amide bonds. The van der Waals surface area contributed by atoms with Crippen LogP contribution < -0.4 is 5.32 Å². The minimum absolute atomic E-state index is 0.0448. The van der Waals surface area contributed by atoms with Crippen LogP contribution in [0.4, 0.5) is 0 Å². The third-order valence-corrected chi connectivity index (χ3v) is 5.32. The van der Waals surface area contributed by atoms with Gasteiger partial charge in [0, 0.05) is 30.6 Å². The van der Waals surface area contributed by atoms with E-state index < -0.39 is 0 Å². The smallest absolute Gasteiger partial charge is 0.225 e. The predicted molar refractivity (Wildman–Crippen MR) is 90.0 cm³/mol. The van der Waals surface area contributed by atoms with Gasteiger partial charge in [0.05, 0.1) is 5.92 Å². The maximum Gasteiger partial charge on any atom is 0.225 e. The Hall–Kier alpha value is -1.55. The molecule has 1 atom stereocenters. The number of nitrogens with one attached hydrogen (secondary N) is 1. The van der Waals surface area contributed by atoms with E-state index in [-0.39, 0.29) is 17.7 Å². The second kappa shape index (κ2) is 7.35. The summed E-state index contributed by atoms with van der Waals surface area (Å²) in [4.78, 5) is 26.6. The third kappa shape index (κ3) is 3.86. The zero-order valence-electron chi connectivity index (χ0n) is 13.3. The average Bonchev–Trinajstić information content (AvgIpc) is 2.96. The van der Waals surface area contributed by atoms with Crippen molar-refractivity contribution >= 4 is 23.4 Å². The molecule has 0 radical (unpaired) electrons. The Labute approximate surface area is 142 Å². The van der Waals surface area contributed by atoms with E-state index in [9.17, 15) is 9.59 Å². The fourth-order valence-electron chi connectivity index (χ4n) is 3.62. The number of carbonyl (C=O) groups excluding carboxylic acids is 2. The summed E-state index contributed by atoms with van der Waals surface area (Å²) in [5.41, 5.74) is 0.899. The van der Waals surface area contributed by atoms with Gasteiger partial charge in [0.15, 0.2) is 0 Å². The van der Waals surface area contributed by atoms with Crippen molar-refractivity contribution in [3.8, 4) is 0 Å². The SMILES string of the molecule is O=C(NCc1ccccc1Cl)[C@@H]1CC(=O)N(C2CCCCC2)C1. The van der Waals surface area contributed by atoms with E-state index in [1.807, 2.05) is 29.2 Å². The van der Waals surface area contributed by atoms with Crippen molar-refractivity contribution in [2.75, 3.05) is 6.54 Å². The summed E-state index contributed by atoms with van der Waals surface area (Å²) in [6.45, 7) is 0.977. The fraction of sp³-hybridized carbons (Fsp3) is 0.556. The van der Waals surface area contributed by atoms with Gasteiger partial charge >= 0.3 is 0 Å². The first-order valence-electron chi connectivity index (χ1n) is 8.45. The molecule has 0 aromatic heterocycles. The number of likely N-dealkylation sites (tertiary alicyclic amines) is 1. The first-order chi connectivity index (χ1) is 11.1. The molecule has 124 valence electrons. The number of benzene rings is 1. The molecule has 1 aromatic carbocycles. The minimum atomic E-state index is -0.230. The topological polar surface area (TPSA) is 49.4 Å². The van der Waals surface area contributed by atoms with E-state index in [1.165, 1.54) is 19.3 Å². The summed E-state index contributed by atoms with van der Waals surface area (Å²) in [5.74, 6) is -0.140. The van der Waals surface area contributed by atoms with Crippen LogP contribution in [0.3, 0.4) is 0 Å². The molecule has 3 rings (SSSR count). The Bertz CT molecular complexity index is 584. The maximum absolute atomic E-state index is 12.4. The van der Waals surface area contributed by atoms with E-state index in [2.05, 4.69) is 5.32 Å². The predicted octanol–water partition coefficient (Wildman–Crippen LogP) is 3.14. The molecule has 4 nitrogen and oxygen atoms in total. The normalized spacial score (nSPS) is 22.4. The summed E-state index contributed by atoms with van der Waals surface area (Å²) in [5, 5.41) is 3.58. The molecule has 0 unspecified atom stereocenters. The molecule has 1 saturated carbocycles. The van der Waals surface area contributed by atoms with Crippen molar-refractivity contribution in [3.63, 3.8) is 0 Å². The van der Waals surface area contributed by atoms with E-state index in [1.54, 1.807) is 0 Å². The monoisotopic (exact) mass is 334 g/mol. The first kappa shape index (κ1) is 16.3. The Balaban J connectivity index is 1.54. The number of amides is 2. The van der Waals surface area contributed by atoms with Crippen LogP contribution in [0.25, 0.3) is 0 Å². The van der Waals surface area contributed by atoms with Crippen LogP contribution in [-0.2, 0) is 16.1 Å². The van der Waals surface area contributed by atoms with E-state index in [0.717, 1.165) is 18.4 Å². The second-order valence-electron chi connectivity index (χ2n) is 6.55. The molecule has 1 aliphatic carbocycles. The van der Waals surface area contributed by atoms with Gasteiger partial charge in [0.25, 0.3) is 0 Å². The molecule has 23 heavy (non-hydrogen) atoms. The molecule has 1 heterocycles. The molecule has 2 aliphatic rings. The lowest BCUT2D eigenvalue weighted by molar-refractivity contribution is -0.130. The van der Waals surface area contributed by atoms with Crippen LogP contribution in [0.2, 0.25) is 5.02 Å². The molecule has 1 N–H and O–H groups in total. The molecule has 2 fully saturated rings. The van der Waals surface area contributed by atoms with Gasteiger partial charge in [-0.05, 0) is 24.5 Å². The van der Waals surface area contributed by atoms with Gasteiger partial charge in [0.1, 0.15) is 0 Å². The Morgan fingerprint density at radius 3 is 2.70 bits per heavy atom. The lowest BCUT2D eigenvalue weighted by Crippen LogP contribution is -2.39. The average molecular weight is 335 g/mol. The number of nitrogens with zero attached hydrogens (tertiary/aromatic N) is 1. The summed E-state index contributed by atoms with van der Waals surface area (Å²) in [6, 6.07) is 7.82. The van der Waals surface area contributed by atoms with Crippen LogP contribution in [0.5, 0.6) is 0 Å². The van der Waals surface area contributed by atoms with Crippen molar-refractivity contribution in [3.05, 3.63) is 34.9 Å². The third-order valence-electron chi connectivity index (χ3n) is 4.96. The van der Waals surface area contributed by atoms with Crippen molar-refractivity contribution < 1.29 is 9.59 Å². The van der Waals surface area contributed by atoms with Gasteiger partial charge in [-0.3, -0.25) is 9.59 Å². The summed E-state index contributed by atoms with van der Waals surface area (Å²) < 4.78 is 0.